The second kappa shape index (κ2) is 9.65. The molecule has 0 aromatic carbocycles. The Morgan fingerprint density at radius 2 is 1.92 bits per heavy atom. The minimum atomic E-state index is -0.444. The monoisotopic (exact) mass is 491 g/mol. The molecule has 6 heterocycles. The van der Waals surface area contributed by atoms with Crippen molar-refractivity contribution in [1.82, 2.24) is 20.3 Å². The molecule has 3 aromatic heterocycles. The van der Waals surface area contributed by atoms with Gasteiger partial charge in [0.1, 0.15) is 12.0 Å². The molecule has 2 N–H and O–H groups in total. The molecule has 1 unspecified atom stereocenters. The third-order valence-corrected chi connectivity index (χ3v) is 6.61. The zero-order chi connectivity index (χ0) is 24.5. The summed E-state index contributed by atoms with van der Waals surface area (Å²) in [5.74, 6) is 0.397. The average molecular weight is 492 g/mol. The summed E-state index contributed by atoms with van der Waals surface area (Å²) in [7, 11) is 0. The van der Waals surface area contributed by atoms with Crippen molar-refractivity contribution in [1.29, 1.82) is 0 Å². The van der Waals surface area contributed by atoms with E-state index in [0.29, 0.717) is 60.8 Å². The van der Waals surface area contributed by atoms with E-state index in [0.717, 1.165) is 37.2 Å². The Morgan fingerprint density at radius 1 is 1.08 bits per heavy atom. The van der Waals surface area contributed by atoms with Gasteiger partial charge >= 0.3 is 0 Å². The summed E-state index contributed by atoms with van der Waals surface area (Å²) in [5.41, 5.74) is 3.77. The smallest absolute Gasteiger partial charge is 0.300 e. The van der Waals surface area contributed by atoms with Crippen molar-refractivity contribution in [3.63, 3.8) is 0 Å². The van der Waals surface area contributed by atoms with Gasteiger partial charge in [0.2, 0.25) is 5.65 Å². The summed E-state index contributed by atoms with van der Waals surface area (Å²) in [4.78, 5) is 31.2. The number of oxazole rings is 1. The van der Waals surface area contributed by atoms with Gasteiger partial charge in [0, 0.05) is 49.7 Å². The van der Waals surface area contributed by atoms with Crippen LogP contribution >= 0.6 is 0 Å². The van der Waals surface area contributed by atoms with E-state index in [2.05, 4.69) is 30.4 Å². The minimum Gasteiger partial charge on any atom is -0.472 e. The number of amides is 1. The lowest BCUT2D eigenvalue weighted by Crippen LogP contribution is -2.36. The number of pyridine rings is 2. The van der Waals surface area contributed by atoms with Crippen LogP contribution in [0.1, 0.15) is 36.7 Å². The van der Waals surface area contributed by atoms with Crippen LogP contribution in [-0.4, -0.2) is 60.3 Å². The predicted octanol–water partition coefficient (Wildman–Crippen LogP) is 2.85. The van der Waals surface area contributed by atoms with E-state index in [1.165, 1.54) is 12.7 Å². The molecular formula is C25H29N7O4. The van der Waals surface area contributed by atoms with Gasteiger partial charge in [-0.3, -0.25) is 9.78 Å². The van der Waals surface area contributed by atoms with Gasteiger partial charge in [-0.25, -0.2) is 4.98 Å². The number of hydrogen-bond acceptors (Lipinski definition) is 10. The predicted molar refractivity (Wildman–Crippen MR) is 134 cm³/mol. The van der Waals surface area contributed by atoms with E-state index in [1.807, 2.05) is 25.1 Å². The summed E-state index contributed by atoms with van der Waals surface area (Å²) in [5, 5.41) is 6.18. The van der Waals surface area contributed by atoms with E-state index >= 15 is 0 Å². The van der Waals surface area contributed by atoms with E-state index in [4.69, 9.17) is 18.9 Å². The normalized spacial score (nSPS) is 20.1. The number of aryl methyl sites for hydroxylation is 1. The maximum Gasteiger partial charge on any atom is 0.300 e. The van der Waals surface area contributed by atoms with Crippen molar-refractivity contribution < 1.29 is 18.7 Å². The van der Waals surface area contributed by atoms with Gasteiger partial charge < -0.3 is 34.3 Å². The Morgan fingerprint density at radius 3 is 2.72 bits per heavy atom. The molecule has 1 amide bonds. The Kier molecular flexibility index (Phi) is 6.06. The zero-order valence-electron chi connectivity index (χ0n) is 20.2. The number of carbonyl (C=O) groups excluding carboxylic acids is 1. The van der Waals surface area contributed by atoms with Crippen LogP contribution in [0, 0.1) is 6.92 Å². The molecule has 6 rings (SSSR count). The number of carbonyl (C=O) groups is 1. The number of ether oxygens (including phenoxy) is 2. The number of morpholine rings is 1. The number of anilines is 3. The SMILES string of the molecule is Cc1cc(C2NC(C(=O)Nc3cc4oc(N5CCOCC5)nc4nc3N3CCCCC3)=CO2)ccn1. The number of piperidine rings is 1. The fourth-order valence-electron chi connectivity index (χ4n) is 4.72. The van der Waals surface area contributed by atoms with E-state index < -0.39 is 6.23 Å². The Bertz CT molecular complexity index is 1290. The molecule has 3 aliphatic rings. The molecule has 2 fully saturated rings. The number of hydrogen-bond donors (Lipinski definition) is 2. The molecule has 1 atom stereocenters. The number of fused-ring (bicyclic) bond motifs is 1. The quantitative estimate of drug-likeness (QED) is 0.552. The van der Waals surface area contributed by atoms with Crippen LogP contribution in [0.25, 0.3) is 11.2 Å². The number of nitrogens with one attached hydrogen (secondary N) is 2. The third-order valence-electron chi connectivity index (χ3n) is 6.61. The van der Waals surface area contributed by atoms with Crippen molar-refractivity contribution in [3.8, 4) is 0 Å². The van der Waals surface area contributed by atoms with Crippen molar-refractivity contribution in [2.75, 3.05) is 54.5 Å². The van der Waals surface area contributed by atoms with E-state index in [9.17, 15) is 4.79 Å². The highest BCUT2D eigenvalue weighted by Crippen LogP contribution is 2.33. The Labute approximate surface area is 208 Å². The van der Waals surface area contributed by atoms with Gasteiger partial charge in [0.25, 0.3) is 11.9 Å². The minimum absolute atomic E-state index is 0.310. The fraction of sp³-hybridized carbons (Fsp3) is 0.440. The van der Waals surface area contributed by atoms with Crippen molar-refractivity contribution in [2.45, 2.75) is 32.4 Å². The summed E-state index contributed by atoms with van der Waals surface area (Å²) in [6, 6.07) is 6.13. The van der Waals surface area contributed by atoms with Crippen LogP contribution in [0.15, 0.2) is 40.8 Å². The molecule has 36 heavy (non-hydrogen) atoms. The van der Waals surface area contributed by atoms with E-state index in [1.54, 1.807) is 6.20 Å². The van der Waals surface area contributed by atoms with Crippen LogP contribution in [0.3, 0.4) is 0 Å². The molecular weight excluding hydrogens is 462 g/mol. The molecule has 0 bridgehead atoms. The van der Waals surface area contributed by atoms with Crippen LogP contribution in [0.4, 0.5) is 17.5 Å². The standard InChI is InChI=1S/C25H29N7O4/c1-16-13-17(5-6-26-16)24-28-19(15-35-24)23(33)27-18-14-20-21(29-22(18)31-7-3-2-4-8-31)30-25(36-20)32-9-11-34-12-10-32/h5-6,13-15,24,28H,2-4,7-12H2,1H3,(H,27,33). The topological polar surface area (TPSA) is 118 Å². The fourth-order valence-corrected chi connectivity index (χ4v) is 4.72. The Hall–Kier alpha value is -3.86. The maximum atomic E-state index is 13.2. The first-order valence-corrected chi connectivity index (χ1v) is 12.4. The molecule has 0 spiro atoms. The van der Waals surface area contributed by atoms with Crippen LogP contribution in [0.5, 0.6) is 0 Å². The largest absolute Gasteiger partial charge is 0.472 e. The van der Waals surface area contributed by atoms with Crippen molar-refractivity contribution >= 4 is 34.7 Å². The van der Waals surface area contributed by atoms with Gasteiger partial charge in [-0.15, -0.1) is 0 Å². The lowest BCUT2D eigenvalue weighted by Gasteiger charge is -2.29. The average Bonchev–Trinajstić information content (AvgIpc) is 3.57. The van der Waals surface area contributed by atoms with Crippen LogP contribution < -0.4 is 20.4 Å². The molecule has 2 saturated heterocycles. The van der Waals surface area contributed by atoms with Gasteiger partial charge in [0.05, 0.1) is 18.9 Å². The highest BCUT2D eigenvalue weighted by Gasteiger charge is 2.27. The van der Waals surface area contributed by atoms with Crippen molar-refractivity contribution in [2.24, 2.45) is 0 Å². The summed E-state index contributed by atoms with van der Waals surface area (Å²) < 4.78 is 17.2. The molecule has 0 saturated carbocycles. The molecule has 11 heteroatoms. The van der Waals surface area contributed by atoms with Crippen LogP contribution in [0.2, 0.25) is 0 Å². The highest BCUT2D eigenvalue weighted by molar-refractivity contribution is 6.05. The van der Waals surface area contributed by atoms with Crippen molar-refractivity contribution in [3.05, 3.63) is 47.6 Å². The highest BCUT2D eigenvalue weighted by atomic mass is 16.5. The lowest BCUT2D eigenvalue weighted by atomic mass is 10.1. The molecule has 11 nitrogen and oxygen atoms in total. The lowest BCUT2D eigenvalue weighted by molar-refractivity contribution is -0.113. The molecule has 0 aliphatic carbocycles. The summed E-state index contributed by atoms with van der Waals surface area (Å²) in [6.45, 7) is 6.37. The molecule has 3 aliphatic heterocycles. The number of aromatic nitrogens is 3. The first kappa shape index (κ1) is 22.6. The van der Waals surface area contributed by atoms with E-state index in [-0.39, 0.29) is 5.91 Å². The summed E-state index contributed by atoms with van der Waals surface area (Å²) >= 11 is 0. The second-order valence-corrected chi connectivity index (χ2v) is 9.20. The van der Waals surface area contributed by atoms with Crippen LogP contribution in [-0.2, 0) is 14.3 Å². The molecule has 3 aromatic rings. The third kappa shape index (κ3) is 4.53. The Balaban J connectivity index is 1.26. The summed E-state index contributed by atoms with van der Waals surface area (Å²) in [6.07, 6.45) is 6.09. The zero-order valence-corrected chi connectivity index (χ0v) is 20.2. The second-order valence-electron chi connectivity index (χ2n) is 9.20. The van der Waals surface area contributed by atoms with Gasteiger partial charge in [-0.05, 0) is 38.3 Å². The van der Waals surface area contributed by atoms with Gasteiger partial charge in [0.15, 0.2) is 17.6 Å². The van der Waals surface area contributed by atoms with Gasteiger partial charge in [-0.1, -0.05) is 0 Å². The maximum absolute atomic E-state index is 13.2. The molecule has 0 radical (unpaired) electrons. The molecule has 188 valence electrons. The van der Waals surface area contributed by atoms with Gasteiger partial charge in [-0.2, -0.15) is 4.98 Å². The first-order chi connectivity index (χ1) is 17.6. The first-order valence-electron chi connectivity index (χ1n) is 12.4. The number of nitrogens with zero attached hydrogens (tertiary/aromatic N) is 5. The number of rotatable bonds is 5.